The van der Waals surface area contributed by atoms with Crippen LogP contribution in [0, 0.1) is 5.82 Å². The van der Waals surface area contributed by atoms with Gasteiger partial charge in [-0.15, -0.1) is 0 Å². The van der Waals surface area contributed by atoms with E-state index in [1.165, 1.54) is 6.07 Å². The quantitative estimate of drug-likeness (QED) is 0.813. The van der Waals surface area contributed by atoms with Gasteiger partial charge >= 0.3 is 0 Å². The number of hydrogen-bond acceptors (Lipinski definition) is 4. The standard InChI is InChI=1S/C15H21F3N4/c16-12-9-11(19)1-2-13(12)21-5-7-22(8-6-21)14-3-4-20-10-15(14,17)18/h1-2,9,14,20H,3-8,10,19H2/t14-/m0/s1. The van der Waals surface area contributed by atoms with Crippen LogP contribution in [0.5, 0.6) is 0 Å². The predicted molar refractivity (Wildman–Crippen MR) is 80.8 cm³/mol. The molecule has 0 bridgehead atoms. The van der Waals surface area contributed by atoms with E-state index in [1.54, 1.807) is 12.1 Å². The molecule has 7 heteroatoms. The second kappa shape index (κ2) is 5.96. The van der Waals surface area contributed by atoms with Crippen LogP contribution in [0.3, 0.4) is 0 Å². The lowest BCUT2D eigenvalue weighted by atomic mass is 9.99. The third-order valence-electron chi connectivity index (χ3n) is 4.51. The number of piperidine rings is 1. The molecule has 22 heavy (non-hydrogen) atoms. The molecular weight excluding hydrogens is 293 g/mol. The van der Waals surface area contributed by atoms with Crippen molar-refractivity contribution in [1.29, 1.82) is 0 Å². The van der Waals surface area contributed by atoms with Crippen LogP contribution in [0.2, 0.25) is 0 Å². The highest BCUT2D eigenvalue weighted by atomic mass is 19.3. The van der Waals surface area contributed by atoms with Crippen molar-refractivity contribution in [2.45, 2.75) is 18.4 Å². The number of nitrogens with one attached hydrogen (secondary N) is 1. The zero-order chi connectivity index (χ0) is 15.7. The maximum absolute atomic E-state index is 14.0. The van der Waals surface area contributed by atoms with Gasteiger partial charge in [-0.05, 0) is 31.2 Å². The summed E-state index contributed by atoms with van der Waals surface area (Å²) in [5.41, 5.74) is 6.43. The normalized spacial score (nSPS) is 26.1. The van der Waals surface area contributed by atoms with Gasteiger partial charge in [-0.1, -0.05) is 0 Å². The maximum Gasteiger partial charge on any atom is 0.275 e. The summed E-state index contributed by atoms with van der Waals surface area (Å²) >= 11 is 0. The van der Waals surface area contributed by atoms with Gasteiger partial charge < -0.3 is 16.0 Å². The average Bonchev–Trinajstić information content (AvgIpc) is 2.47. The SMILES string of the molecule is Nc1ccc(N2CCN([C@H]3CCNCC3(F)F)CC2)c(F)c1. The summed E-state index contributed by atoms with van der Waals surface area (Å²) in [6, 6.07) is 3.89. The van der Waals surface area contributed by atoms with Crippen molar-refractivity contribution in [3.63, 3.8) is 0 Å². The van der Waals surface area contributed by atoms with Crippen molar-refractivity contribution in [2.75, 3.05) is 49.9 Å². The lowest BCUT2D eigenvalue weighted by Gasteiger charge is -2.44. The lowest BCUT2D eigenvalue weighted by molar-refractivity contribution is -0.0963. The minimum atomic E-state index is -2.70. The Hall–Kier alpha value is -1.47. The van der Waals surface area contributed by atoms with E-state index in [-0.39, 0.29) is 12.4 Å². The second-order valence-electron chi connectivity index (χ2n) is 5.98. The zero-order valence-electron chi connectivity index (χ0n) is 12.4. The molecular formula is C15H21F3N4. The van der Waals surface area contributed by atoms with Crippen LogP contribution < -0.4 is 16.0 Å². The minimum absolute atomic E-state index is 0.259. The molecule has 122 valence electrons. The number of hydrogen-bond donors (Lipinski definition) is 2. The number of piperazine rings is 1. The first kappa shape index (κ1) is 15.4. The fourth-order valence-electron chi connectivity index (χ4n) is 3.33. The van der Waals surface area contributed by atoms with Crippen LogP contribution >= 0.6 is 0 Å². The number of anilines is 2. The number of halogens is 3. The molecule has 2 fully saturated rings. The minimum Gasteiger partial charge on any atom is -0.399 e. The Labute approximate surface area is 128 Å². The Kier molecular flexibility index (Phi) is 4.18. The number of nitrogen functional groups attached to an aromatic ring is 1. The summed E-state index contributed by atoms with van der Waals surface area (Å²) in [6.45, 7) is 2.48. The smallest absolute Gasteiger partial charge is 0.275 e. The highest BCUT2D eigenvalue weighted by Crippen LogP contribution is 2.30. The number of rotatable bonds is 2. The molecule has 0 radical (unpaired) electrons. The molecule has 3 rings (SSSR count). The van der Waals surface area contributed by atoms with E-state index in [0.29, 0.717) is 50.5 Å². The Morgan fingerprint density at radius 1 is 1.18 bits per heavy atom. The van der Waals surface area contributed by atoms with Crippen LogP contribution in [0.1, 0.15) is 6.42 Å². The van der Waals surface area contributed by atoms with Crippen LogP contribution in [-0.4, -0.2) is 56.1 Å². The third-order valence-corrected chi connectivity index (χ3v) is 4.51. The molecule has 1 aromatic carbocycles. The zero-order valence-corrected chi connectivity index (χ0v) is 12.4. The molecule has 2 saturated heterocycles. The largest absolute Gasteiger partial charge is 0.399 e. The Morgan fingerprint density at radius 3 is 2.55 bits per heavy atom. The summed E-state index contributed by atoms with van der Waals surface area (Å²) in [4.78, 5) is 3.73. The second-order valence-corrected chi connectivity index (χ2v) is 5.98. The maximum atomic E-state index is 14.0. The Morgan fingerprint density at radius 2 is 1.91 bits per heavy atom. The monoisotopic (exact) mass is 314 g/mol. The van der Waals surface area contributed by atoms with Crippen molar-refractivity contribution in [3.8, 4) is 0 Å². The van der Waals surface area contributed by atoms with Crippen molar-refractivity contribution in [3.05, 3.63) is 24.0 Å². The molecule has 1 atom stereocenters. The molecule has 1 aromatic rings. The first-order chi connectivity index (χ1) is 10.5. The summed E-state index contributed by atoms with van der Waals surface area (Å²) < 4.78 is 41.9. The van der Waals surface area contributed by atoms with E-state index < -0.39 is 12.0 Å². The molecule has 3 N–H and O–H groups in total. The van der Waals surface area contributed by atoms with E-state index in [9.17, 15) is 13.2 Å². The van der Waals surface area contributed by atoms with Crippen molar-refractivity contribution < 1.29 is 13.2 Å². The van der Waals surface area contributed by atoms with Gasteiger partial charge in [0, 0.05) is 31.9 Å². The molecule has 4 nitrogen and oxygen atoms in total. The van der Waals surface area contributed by atoms with Gasteiger partial charge in [0.1, 0.15) is 5.82 Å². The van der Waals surface area contributed by atoms with Gasteiger partial charge in [-0.25, -0.2) is 13.2 Å². The molecule has 0 saturated carbocycles. The molecule has 0 spiro atoms. The number of benzene rings is 1. The molecule has 0 amide bonds. The first-order valence-electron chi connectivity index (χ1n) is 7.60. The van der Waals surface area contributed by atoms with Gasteiger partial charge in [0.15, 0.2) is 0 Å². The highest BCUT2D eigenvalue weighted by Gasteiger charge is 2.45. The number of nitrogens with two attached hydrogens (primary N) is 1. The van der Waals surface area contributed by atoms with Crippen LogP contribution in [0.25, 0.3) is 0 Å². The van der Waals surface area contributed by atoms with Crippen molar-refractivity contribution in [2.24, 2.45) is 0 Å². The van der Waals surface area contributed by atoms with E-state index in [1.807, 2.05) is 9.80 Å². The Bertz CT molecular complexity index is 530. The molecule has 0 unspecified atom stereocenters. The first-order valence-corrected chi connectivity index (χ1v) is 7.60. The van der Waals surface area contributed by atoms with E-state index >= 15 is 0 Å². The van der Waals surface area contributed by atoms with Gasteiger partial charge in [0.05, 0.1) is 18.3 Å². The molecule has 2 aliphatic heterocycles. The van der Waals surface area contributed by atoms with Crippen molar-refractivity contribution in [1.82, 2.24) is 10.2 Å². The topological polar surface area (TPSA) is 44.5 Å². The summed E-state index contributed by atoms with van der Waals surface area (Å²) in [7, 11) is 0. The summed E-state index contributed by atoms with van der Waals surface area (Å²) in [6.07, 6.45) is 0.448. The molecule has 0 aromatic heterocycles. The van der Waals surface area contributed by atoms with Gasteiger partial charge in [0.25, 0.3) is 5.92 Å². The van der Waals surface area contributed by atoms with Crippen LogP contribution in [0.15, 0.2) is 18.2 Å². The summed E-state index contributed by atoms with van der Waals surface area (Å²) in [5.74, 6) is -3.06. The number of alkyl halides is 2. The fourth-order valence-corrected chi connectivity index (χ4v) is 3.33. The van der Waals surface area contributed by atoms with Crippen molar-refractivity contribution >= 4 is 11.4 Å². The van der Waals surface area contributed by atoms with Crippen LogP contribution in [-0.2, 0) is 0 Å². The lowest BCUT2D eigenvalue weighted by Crippen LogP contribution is -2.61. The number of nitrogens with zero attached hydrogens (tertiary/aromatic N) is 2. The van der Waals surface area contributed by atoms with Gasteiger partial charge in [-0.2, -0.15) is 0 Å². The highest BCUT2D eigenvalue weighted by molar-refractivity contribution is 5.54. The summed E-state index contributed by atoms with van der Waals surface area (Å²) in [5, 5.41) is 2.74. The molecule has 2 aliphatic rings. The molecule has 2 heterocycles. The van der Waals surface area contributed by atoms with E-state index in [2.05, 4.69) is 5.32 Å². The van der Waals surface area contributed by atoms with E-state index in [0.717, 1.165) is 0 Å². The predicted octanol–water partition coefficient (Wildman–Crippen LogP) is 1.53. The average molecular weight is 314 g/mol. The third kappa shape index (κ3) is 3.01. The van der Waals surface area contributed by atoms with Crippen LogP contribution in [0.4, 0.5) is 24.5 Å². The molecule has 0 aliphatic carbocycles. The fraction of sp³-hybridized carbons (Fsp3) is 0.600. The van der Waals surface area contributed by atoms with E-state index in [4.69, 9.17) is 5.73 Å². The Balaban J connectivity index is 1.65. The van der Waals surface area contributed by atoms with Gasteiger partial charge in [0.2, 0.25) is 0 Å². The van der Waals surface area contributed by atoms with Gasteiger partial charge in [-0.3, -0.25) is 4.90 Å².